The van der Waals surface area contributed by atoms with E-state index < -0.39 is 21.9 Å². The molecule has 0 atom stereocenters. The zero-order valence-electron chi connectivity index (χ0n) is 15.7. The number of methoxy groups -OCH3 is 1. The van der Waals surface area contributed by atoms with Gasteiger partial charge in [-0.15, -0.1) is 0 Å². The van der Waals surface area contributed by atoms with Crippen LogP contribution in [0, 0.1) is 10.1 Å². The molecular weight excluding hydrogens is 414 g/mol. The van der Waals surface area contributed by atoms with Crippen molar-refractivity contribution >= 4 is 29.4 Å². The van der Waals surface area contributed by atoms with Crippen LogP contribution in [0.5, 0.6) is 11.5 Å². The summed E-state index contributed by atoms with van der Waals surface area (Å²) in [6.07, 6.45) is 2.78. The van der Waals surface area contributed by atoms with Gasteiger partial charge in [0.2, 0.25) is 0 Å². The molecule has 3 aromatic rings. The number of aromatic amines is 2. The van der Waals surface area contributed by atoms with Crippen molar-refractivity contribution in [3.05, 3.63) is 95.3 Å². The van der Waals surface area contributed by atoms with Crippen LogP contribution in [-0.4, -0.2) is 22.0 Å². The zero-order valence-corrected chi connectivity index (χ0v) is 16.4. The van der Waals surface area contributed by atoms with Gasteiger partial charge in [-0.3, -0.25) is 19.9 Å². The van der Waals surface area contributed by atoms with Crippen molar-refractivity contribution in [3.63, 3.8) is 0 Å². The Labute approximate surface area is 174 Å². The Hall–Kier alpha value is -3.85. The Morgan fingerprint density at radius 2 is 1.80 bits per heavy atom. The maximum absolute atomic E-state index is 11.7. The summed E-state index contributed by atoms with van der Waals surface area (Å²) in [6, 6.07) is 12.3. The zero-order chi connectivity index (χ0) is 21.7. The van der Waals surface area contributed by atoms with Crippen LogP contribution in [0.4, 0.5) is 5.69 Å². The van der Waals surface area contributed by atoms with Gasteiger partial charge in [0, 0.05) is 5.02 Å². The molecule has 0 aliphatic carbocycles. The number of ether oxygens (including phenoxy) is 2. The first-order chi connectivity index (χ1) is 14.4. The average Bonchev–Trinajstić information content (AvgIpc) is 2.71. The first-order valence-electron chi connectivity index (χ1n) is 8.61. The maximum atomic E-state index is 11.7. The molecule has 0 spiro atoms. The summed E-state index contributed by atoms with van der Waals surface area (Å²) in [5.74, 6) is 0.945. The van der Waals surface area contributed by atoms with Crippen molar-refractivity contribution in [1.29, 1.82) is 0 Å². The molecule has 1 aromatic heterocycles. The van der Waals surface area contributed by atoms with Crippen LogP contribution in [-0.2, 0) is 6.61 Å². The predicted octanol–water partition coefficient (Wildman–Crippen LogP) is 3.38. The Morgan fingerprint density at radius 1 is 1.07 bits per heavy atom. The van der Waals surface area contributed by atoms with Crippen LogP contribution in [0.3, 0.4) is 0 Å². The van der Waals surface area contributed by atoms with E-state index in [0.29, 0.717) is 28.7 Å². The highest BCUT2D eigenvalue weighted by molar-refractivity contribution is 6.30. The van der Waals surface area contributed by atoms with Gasteiger partial charge in [-0.2, -0.15) is 0 Å². The van der Waals surface area contributed by atoms with Crippen LogP contribution < -0.4 is 20.7 Å². The number of nitrogens with one attached hydrogen (secondary N) is 2. The number of aromatic nitrogens is 2. The molecule has 154 valence electrons. The van der Waals surface area contributed by atoms with E-state index in [9.17, 15) is 19.7 Å². The molecule has 0 aliphatic heterocycles. The largest absolute Gasteiger partial charge is 0.493 e. The minimum Gasteiger partial charge on any atom is -0.493 e. The van der Waals surface area contributed by atoms with E-state index in [0.717, 1.165) is 5.56 Å². The Morgan fingerprint density at radius 3 is 2.47 bits per heavy atom. The van der Waals surface area contributed by atoms with Gasteiger partial charge >= 0.3 is 16.9 Å². The van der Waals surface area contributed by atoms with Crippen molar-refractivity contribution in [2.75, 3.05) is 7.11 Å². The molecule has 3 rings (SSSR count). The van der Waals surface area contributed by atoms with Gasteiger partial charge in [0.25, 0.3) is 0 Å². The lowest BCUT2D eigenvalue weighted by atomic mass is 10.1. The number of nitro groups is 1. The third-order valence-corrected chi connectivity index (χ3v) is 4.32. The van der Waals surface area contributed by atoms with Gasteiger partial charge in [0.05, 0.1) is 12.0 Å². The summed E-state index contributed by atoms with van der Waals surface area (Å²) in [5, 5.41) is 11.7. The molecular formula is C20H16ClN3O6. The normalized spacial score (nSPS) is 10.9. The fraction of sp³-hybridized carbons (Fsp3) is 0.100. The van der Waals surface area contributed by atoms with E-state index >= 15 is 0 Å². The first kappa shape index (κ1) is 20.9. The highest BCUT2D eigenvalue weighted by Gasteiger charge is 2.18. The molecule has 0 unspecified atom stereocenters. The standard InChI is InChI=1S/C20H16ClN3O6/c1-29-17-10-12(4-8-15-18(24(27)28)19(25)23-20(26)22-15)5-9-16(17)30-11-13-2-6-14(21)7-3-13/h2-10H,11H2,1H3,(H2,22,23,25,26). The number of hydrogen-bond donors (Lipinski definition) is 2. The molecule has 10 heteroatoms. The monoisotopic (exact) mass is 429 g/mol. The summed E-state index contributed by atoms with van der Waals surface area (Å²) >= 11 is 5.87. The SMILES string of the molecule is COc1cc(C=Cc2[nH]c(=O)[nH]c(=O)c2[N+](=O)[O-])ccc1OCc1ccc(Cl)cc1. The van der Waals surface area contributed by atoms with Gasteiger partial charge in [-0.25, -0.2) is 4.79 Å². The number of halogens is 1. The highest BCUT2D eigenvalue weighted by atomic mass is 35.5. The number of hydrogen-bond acceptors (Lipinski definition) is 6. The summed E-state index contributed by atoms with van der Waals surface area (Å²) in [5.41, 5.74) is -1.34. The van der Waals surface area contributed by atoms with E-state index in [1.165, 1.54) is 19.3 Å². The topological polar surface area (TPSA) is 127 Å². The van der Waals surface area contributed by atoms with E-state index in [1.54, 1.807) is 30.3 Å². The van der Waals surface area contributed by atoms with Gasteiger partial charge < -0.3 is 14.5 Å². The average molecular weight is 430 g/mol. The summed E-state index contributed by atoms with van der Waals surface area (Å²) < 4.78 is 11.1. The predicted molar refractivity (Wildman–Crippen MR) is 112 cm³/mol. The molecule has 2 N–H and O–H groups in total. The van der Waals surface area contributed by atoms with Crippen molar-refractivity contribution in [2.24, 2.45) is 0 Å². The van der Waals surface area contributed by atoms with E-state index in [2.05, 4.69) is 4.98 Å². The highest BCUT2D eigenvalue weighted by Crippen LogP contribution is 2.29. The Bertz CT molecular complexity index is 1210. The Balaban J connectivity index is 1.83. The number of rotatable bonds is 7. The fourth-order valence-corrected chi connectivity index (χ4v) is 2.75. The van der Waals surface area contributed by atoms with Gasteiger partial charge in [-0.05, 0) is 41.5 Å². The van der Waals surface area contributed by atoms with E-state index in [4.69, 9.17) is 21.1 Å². The van der Waals surface area contributed by atoms with Gasteiger partial charge in [0.15, 0.2) is 11.5 Å². The molecule has 2 aromatic carbocycles. The molecule has 9 nitrogen and oxygen atoms in total. The lowest BCUT2D eigenvalue weighted by molar-refractivity contribution is -0.386. The second-order valence-electron chi connectivity index (χ2n) is 6.09. The van der Waals surface area contributed by atoms with Crippen LogP contribution in [0.15, 0.2) is 52.1 Å². The summed E-state index contributed by atoms with van der Waals surface area (Å²) in [4.78, 5) is 37.4. The minimum atomic E-state index is -1.08. The maximum Gasteiger partial charge on any atom is 0.357 e. The third kappa shape index (κ3) is 4.95. The smallest absolute Gasteiger partial charge is 0.357 e. The molecule has 0 amide bonds. The fourth-order valence-electron chi connectivity index (χ4n) is 2.63. The molecule has 0 fully saturated rings. The number of benzene rings is 2. The minimum absolute atomic E-state index is 0.212. The molecule has 0 aliphatic rings. The summed E-state index contributed by atoms with van der Waals surface area (Å²) in [7, 11) is 1.48. The molecule has 30 heavy (non-hydrogen) atoms. The molecule has 0 bridgehead atoms. The lowest BCUT2D eigenvalue weighted by Crippen LogP contribution is -2.25. The third-order valence-electron chi connectivity index (χ3n) is 4.07. The van der Waals surface area contributed by atoms with Crippen LogP contribution in [0.25, 0.3) is 12.2 Å². The number of H-pyrrole nitrogens is 2. The van der Waals surface area contributed by atoms with Crippen molar-refractivity contribution in [2.45, 2.75) is 6.61 Å². The van der Waals surface area contributed by atoms with Crippen molar-refractivity contribution in [1.82, 2.24) is 9.97 Å². The van der Waals surface area contributed by atoms with Crippen LogP contribution >= 0.6 is 11.6 Å². The second kappa shape index (κ2) is 9.10. The van der Waals surface area contributed by atoms with Crippen LogP contribution in [0.2, 0.25) is 5.02 Å². The molecule has 0 saturated carbocycles. The molecule has 1 heterocycles. The first-order valence-corrected chi connectivity index (χ1v) is 8.99. The van der Waals surface area contributed by atoms with E-state index in [1.807, 2.05) is 17.1 Å². The van der Waals surface area contributed by atoms with Gasteiger partial charge in [0.1, 0.15) is 12.3 Å². The molecule has 0 saturated heterocycles. The van der Waals surface area contributed by atoms with Gasteiger partial charge in [-0.1, -0.05) is 35.9 Å². The van der Waals surface area contributed by atoms with E-state index in [-0.39, 0.29) is 5.69 Å². The summed E-state index contributed by atoms with van der Waals surface area (Å²) in [6.45, 7) is 0.308. The molecule has 0 radical (unpaired) electrons. The Kier molecular flexibility index (Phi) is 6.33. The van der Waals surface area contributed by atoms with Crippen molar-refractivity contribution < 1.29 is 14.4 Å². The second-order valence-corrected chi connectivity index (χ2v) is 6.52. The van der Waals surface area contributed by atoms with Crippen molar-refractivity contribution in [3.8, 4) is 11.5 Å². The quantitative estimate of drug-likeness (QED) is 0.437. The van der Waals surface area contributed by atoms with Crippen LogP contribution in [0.1, 0.15) is 16.8 Å². The lowest BCUT2D eigenvalue weighted by Gasteiger charge is -2.11. The number of nitrogens with zero attached hydrogens (tertiary/aromatic N) is 1.